The first kappa shape index (κ1) is 93.1. The van der Waals surface area contributed by atoms with Crippen LogP contribution >= 0.6 is 15.6 Å². The van der Waals surface area contributed by atoms with Crippen molar-refractivity contribution in [3.05, 3.63) is 0 Å². The molecule has 5 atom stereocenters. The minimum atomic E-state index is -4.96. The molecule has 0 aromatic carbocycles. The van der Waals surface area contributed by atoms with Gasteiger partial charge in [-0.3, -0.25) is 37.3 Å². The van der Waals surface area contributed by atoms with Crippen LogP contribution in [0.4, 0.5) is 0 Å². The molecule has 0 spiro atoms. The number of carbonyl (C=O) groups excluding carboxylic acids is 4. The maximum atomic E-state index is 13.1. The third-order valence-corrected chi connectivity index (χ3v) is 19.5. The van der Waals surface area contributed by atoms with Crippen LogP contribution in [0, 0.1) is 23.7 Å². The Balaban J connectivity index is 5.24. The number of hydrogen-bond donors (Lipinski definition) is 3. The van der Waals surface area contributed by atoms with Crippen LogP contribution in [0.15, 0.2) is 0 Å². The molecule has 19 heteroatoms. The molecule has 0 heterocycles. The Morgan fingerprint density at radius 3 is 0.653 bits per heavy atom. The summed E-state index contributed by atoms with van der Waals surface area (Å²) in [5.41, 5.74) is 0. The van der Waals surface area contributed by atoms with E-state index < -0.39 is 97.5 Å². The van der Waals surface area contributed by atoms with Crippen molar-refractivity contribution in [3.8, 4) is 0 Å². The molecule has 564 valence electrons. The van der Waals surface area contributed by atoms with Crippen LogP contribution in [0.25, 0.3) is 0 Å². The minimum absolute atomic E-state index is 0.106. The first-order valence-electron chi connectivity index (χ1n) is 39.2. The van der Waals surface area contributed by atoms with Crippen LogP contribution in [-0.4, -0.2) is 96.7 Å². The molecule has 3 N–H and O–H groups in total. The van der Waals surface area contributed by atoms with Crippen molar-refractivity contribution >= 4 is 39.5 Å². The van der Waals surface area contributed by atoms with Gasteiger partial charge in [0.05, 0.1) is 26.4 Å². The highest BCUT2D eigenvalue weighted by Gasteiger charge is 2.30. The highest BCUT2D eigenvalue weighted by atomic mass is 31.2. The maximum Gasteiger partial charge on any atom is 0.472 e. The largest absolute Gasteiger partial charge is 0.472 e. The second-order valence-corrected chi connectivity index (χ2v) is 32.2. The topological polar surface area (TPSA) is 237 Å². The van der Waals surface area contributed by atoms with Gasteiger partial charge in [0.2, 0.25) is 0 Å². The van der Waals surface area contributed by atoms with E-state index in [4.69, 9.17) is 37.0 Å². The fourth-order valence-electron chi connectivity index (χ4n) is 11.6. The molecule has 17 nitrogen and oxygen atoms in total. The molecule has 0 saturated heterocycles. The van der Waals surface area contributed by atoms with Crippen molar-refractivity contribution in [1.29, 1.82) is 0 Å². The third kappa shape index (κ3) is 70.3. The third-order valence-electron chi connectivity index (χ3n) is 17.6. The number of hydrogen-bond acceptors (Lipinski definition) is 15. The monoisotopic (exact) mass is 1400 g/mol. The fourth-order valence-corrected chi connectivity index (χ4v) is 13.1. The summed E-state index contributed by atoms with van der Waals surface area (Å²) in [5.74, 6) is 0.910. The molecule has 0 aromatic rings. The number of aliphatic hydroxyl groups excluding tert-OH is 1. The standard InChI is InChI=1S/C76H148O17P2/c1-66(2)52-44-36-28-21-15-12-10-9-11-13-17-25-33-42-50-58-75(80)93-72(63-87-74(79)57-49-41-35-27-31-39-47-55-69(7)8)65-91-95(84,85)89-61-70(77)60-88-94(82,83)90-64-71(62-86-73(78)56-48-40-32-24-20-19-23-30-38-46-54-68(5)6)92-76(81)59-51-43-34-26-18-14-16-22-29-37-45-53-67(3)4/h66-72,77H,9-65H2,1-8H3,(H,82,83)(H,84,85)/t70?,71-,72-/m1/s1. The number of phosphoric ester groups is 2. The van der Waals surface area contributed by atoms with Gasteiger partial charge in [0, 0.05) is 25.7 Å². The van der Waals surface area contributed by atoms with Crippen LogP contribution in [-0.2, 0) is 65.4 Å². The van der Waals surface area contributed by atoms with E-state index in [-0.39, 0.29) is 25.7 Å². The lowest BCUT2D eigenvalue weighted by molar-refractivity contribution is -0.161. The molecule has 0 amide bonds. The summed E-state index contributed by atoms with van der Waals surface area (Å²) in [7, 11) is -9.91. The summed E-state index contributed by atoms with van der Waals surface area (Å²) in [6.07, 6.45) is 50.0. The van der Waals surface area contributed by atoms with E-state index >= 15 is 0 Å². The highest BCUT2D eigenvalue weighted by Crippen LogP contribution is 2.45. The smallest absolute Gasteiger partial charge is 0.462 e. The number of rotatable bonds is 73. The number of esters is 4. The molecule has 0 saturated carbocycles. The van der Waals surface area contributed by atoms with Gasteiger partial charge in [0.1, 0.15) is 19.3 Å². The molecule has 0 aliphatic rings. The molecule has 0 rings (SSSR count). The second kappa shape index (κ2) is 65.4. The molecule has 95 heavy (non-hydrogen) atoms. The average Bonchev–Trinajstić information content (AvgIpc) is 1.59. The Morgan fingerprint density at radius 2 is 0.442 bits per heavy atom. The predicted molar refractivity (Wildman–Crippen MR) is 386 cm³/mol. The van der Waals surface area contributed by atoms with Crippen molar-refractivity contribution in [2.45, 2.75) is 401 Å². The van der Waals surface area contributed by atoms with Gasteiger partial charge < -0.3 is 33.8 Å². The maximum absolute atomic E-state index is 13.1. The molecule has 0 bridgehead atoms. The molecule has 0 aromatic heterocycles. The first-order valence-corrected chi connectivity index (χ1v) is 42.2. The van der Waals surface area contributed by atoms with Crippen molar-refractivity contribution < 1.29 is 80.2 Å². The zero-order valence-electron chi connectivity index (χ0n) is 62.3. The summed E-state index contributed by atoms with van der Waals surface area (Å²) in [6.45, 7) is 14.2. The summed E-state index contributed by atoms with van der Waals surface area (Å²) >= 11 is 0. The van der Waals surface area contributed by atoms with Gasteiger partial charge in [-0.2, -0.15) is 0 Å². The highest BCUT2D eigenvalue weighted by molar-refractivity contribution is 7.47. The SMILES string of the molecule is CC(C)CCCCCCCCCCCCCCCCCC(=O)O[C@H](COC(=O)CCCCCCCCCC(C)C)COP(=O)(O)OCC(O)COP(=O)(O)OC[C@@H](COC(=O)CCCCCCCCCCCCC(C)C)OC(=O)CCCCCCCCCCCCCC(C)C. The first-order chi connectivity index (χ1) is 45.6. The van der Waals surface area contributed by atoms with Gasteiger partial charge in [0.15, 0.2) is 12.2 Å². The van der Waals surface area contributed by atoms with Gasteiger partial charge in [-0.05, 0) is 49.4 Å². The lowest BCUT2D eigenvalue weighted by atomic mass is 10.0. The van der Waals surface area contributed by atoms with Crippen LogP contribution in [0.5, 0.6) is 0 Å². The van der Waals surface area contributed by atoms with Gasteiger partial charge in [-0.15, -0.1) is 0 Å². The number of ether oxygens (including phenoxy) is 4. The van der Waals surface area contributed by atoms with Crippen LogP contribution in [0.2, 0.25) is 0 Å². The molecule has 0 fully saturated rings. The molecular formula is C76H148O17P2. The van der Waals surface area contributed by atoms with E-state index in [9.17, 15) is 43.2 Å². The predicted octanol–water partition coefficient (Wildman–Crippen LogP) is 22.0. The van der Waals surface area contributed by atoms with Crippen molar-refractivity contribution in [2.75, 3.05) is 39.6 Å². The summed E-state index contributed by atoms with van der Waals surface area (Å²) in [6, 6.07) is 0. The van der Waals surface area contributed by atoms with Crippen LogP contribution < -0.4 is 0 Å². The number of carbonyl (C=O) groups is 4. The number of phosphoric acid groups is 2. The fraction of sp³-hybridized carbons (Fsp3) is 0.947. The van der Waals surface area contributed by atoms with E-state index in [1.807, 2.05) is 0 Å². The zero-order chi connectivity index (χ0) is 70.3. The Labute approximate surface area is 581 Å². The molecule has 0 radical (unpaired) electrons. The number of aliphatic hydroxyl groups is 1. The van der Waals surface area contributed by atoms with E-state index in [1.54, 1.807) is 0 Å². The van der Waals surface area contributed by atoms with Gasteiger partial charge >= 0.3 is 39.5 Å². The molecule has 0 aliphatic carbocycles. The quantitative estimate of drug-likeness (QED) is 0.0222. The Morgan fingerprint density at radius 1 is 0.263 bits per heavy atom. The Kier molecular flexibility index (Phi) is 64.0. The normalized spacial score (nSPS) is 14.1. The summed E-state index contributed by atoms with van der Waals surface area (Å²) < 4.78 is 68.5. The van der Waals surface area contributed by atoms with Gasteiger partial charge in [-0.1, -0.05) is 331 Å². The van der Waals surface area contributed by atoms with E-state index in [1.165, 1.54) is 180 Å². The van der Waals surface area contributed by atoms with Gasteiger partial charge in [-0.25, -0.2) is 9.13 Å². The number of unbranched alkanes of at least 4 members (excludes halogenated alkanes) is 39. The lowest BCUT2D eigenvalue weighted by Gasteiger charge is -2.21. The molecule has 0 aliphatic heterocycles. The van der Waals surface area contributed by atoms with Crippen molar-refractivity contribution in [1.82, 2.24) is 0 Å². The Bertz CT molecular complexity index is 1870. The van der Waals surface area contributed by atoms with Crippen molar-refractivity contribution in [2.24, 2.45) is 23.7 Å². The van der Waals surface area contributed by atoms with Crippen molar-refractivity contribution in [3.63, 3.8) is 0 Å². The average molecular weight is 1400 g/mol. The zero-order valence-corrected chi connectivity index (χ0v) is 64.1. The Hall–Kier alpha value is -1.94. The van der Waals surface area contributed by atoms with E-state index in [2.05, 4.69) is 55.4 Å². The van der Waals surface area contributed by atoms with Crippen LogP contribution in [0.3, 0.4) is 0 Å². The summed E-state index contributed by atoms with van der Waals surface area (Å²) in [5, 5.41) is 10.6. The second-order valence-electron chi connectivity index (χ2n) is 29.3. The summed E-state index contributed by atoms with van der Waals surface area (Å²) in [4.78, 5) is 72.8. The minimum Gasteiger partial charge on any atom is -0.462 e. The molecule has 3 unspecified atom stereocenters. The van der Waals surface area contributed by atoms with E-state index in [0.717, 1.165) is 114 Å². The molecular weight excluding hydrogens is 1250 g/mol. The van der Waals surface area contributed by atoms with Gasteiger partial charge in [0.25, 0.3) is 0 Å². The lowest BCUT2D eigenvalue weighted by Crippen LogP contribution is -2.30. The van der Waals surface area contributed by atoms with E-state index in [0.29, 0.717) is 31.6 Å². The van der Waals surface area contributed by atoms with Crippen LogP contribution in [0.1, 0.15) is 383 Å².